The lowest BCUT2D eigenvalue weighted by atomic mass is 9.80. The van der Waals surface area contributed by atoms with Crippen LogP contribution >= 0.6 is 11.6 Å². The van der Waals surface area contributed by atoms with E-state index in [0.717, 1.165) is 23.2 Å². The van der Waals surface area contributed by atoms with Crippen molar-refractivity contribution in [2.45, 2.75) is 31.7 Å². The number of aromatic nitrogens is 1. The van der Waals surface area contributed by atoms with Gasteiger partial charge < -0.3 is 14.6 Å². The van der Waals surface area contributed by atoms with Gasteiger partial charge in [0.2, 0.25) is 5.91 Å². The number of benzene rings is 1. The van der Waals surface area contributed by atoms with Gasteiger partial charge in [0.05, 0.1) is 6.42 Å². The molecule has 2 aromatic rings. The molecule has 2 aliphatic heterocycles. The number of hydrogen-bond acceptors (Lipinski definition) is 3. The lowest BCUT2D eigenvalue weighted by Crippen LogP contribution is -2.49. The molecule has 0 spiro atoms. The topological polar surface area (TPSA) is 79.6 Å². The van der Waals surface area contributed by atoms with Crippen molar-refractivity contribution < 1.29 is 14.7 Å². The van der Waals surface area contributed by atoms with Crippen LogP contribution in [-0.4, -0.2) is 39.5 Å². The van der Waals surface area contributed by atoms with E-state index in [0.29, 0.717) is 24.7 Å². The zero-order valence-corrected chi connectivity index (χ0v) is 16.1. The van der Waals surface area contributed by atoms with Gasteiger partial charge >= 0.3 is 5.97 Å². The van der Waals surface area contributed by atoms with Crippen molar-refractivity contribution in [2.75, 3.05) is 13.1 Å². The minimum Gasteiger partial charge on any atom is -0.481 e. The predicted molar refractivity (Wildman–Crippen MR) is 105 cm³/mol. The molecule has 0 radical (unpaired) electrons. The summed E-state index contributed by atoms with van der Waals surface area (Å²) in [6, 6.07) is 11.0. The second kappa shape index (κ2) is 7.43. The number of likely N-dealkylation sites (tertiary alicyclic amines) is 1. The van der Waals surface area contributed by atoms with Crippen molar-refractivity contribution in [3.8, 4) is 11.1 Å². The van der Waals surface area contributed by atoms with Crippen molar-refractivity contribution in [2.24, 2.45) is 5.92 Å². The number of rotatable bonds is 4. The molecule has 0 saturated carbocycles. The van der Waals surface area contributed by atoms with Crippen LogP contribution in [0.5, 0.6) is 0 Å². The summed E-state index contributed by atoms with van der Waals surface area (Å²) in [6.45, 7) is 1.67. The molecule has 2 atom stereocenters. The van der Waals surface area contributed by atoms with E-state index in [2.05, 4.69) is 0 Å². The van der Waals surface area contributed by atoms with E-state index in [9.17, 15) is 14.4 Å². The smallest absolute Gasteiger partial charge is 0.303 e. The van der Waals surface area contributed by atoms with Gasteiger partial charge in [0.25, 0.3) is 5.56 Å². The van der Waals surface area contributed by atoms with Crippen LogP contribution in [0, 0.1) is 5.92 Å². The van der Waals surface area contributed by atoms with Gasteiger partial charge in [-0.3, -0.25) is 14.4 Å². The number of piperidine rings is 1. The maximum absolute atomic E-state index is 12.5. The Morgan fingerprint density at radius 3 is 2.50 bits per heavy atom. The maximum atomic E-state index is 12.5. The predicted octanol–water partition coefficient (Wildman–Crippen LogP) is 2.98. The standard InChI is InChI=1S/C21H21ClN2O4/c22-16-3-1-14(2-4-16)17-5-6-19(26)24-11-13-9-15(21(17)24)12-23(10-13)18(25)7-8-20(27)28/h1-6,13,15H,7-12H2,(H,27,28)/t13-,15+/m0/s1. The number of carbonyl (C=O) groups excluding carboxylic acids is 1. The third-order valence-electron chi connectivity index (χ3n) is 5.65. The van der Waals surface area contributed by atoms with Crippen molar-refractivity contribution in [1.82, 2.24) is 9.47 Å². The van der Waals surface area contributed by atoms with E-state index in [1.54, 1.807) is 11.0 Å². The average Bonchev–Trinajstić information content (AvgIpc) is 2.67. The van der Waals surface area contributed by atoms with Gasteiger partial charge in [-0.25, -0.2) is 0 Å². The molecule has 7 heteroatoms. The summed E-state index contributed by atoms with van der Waals surface area (Å²) in [5, 5.41) is 9.50. The molecule has 2 bridgehead atoms. The lowest BCUT2D eigenvalue weighted by Gasteiger charge is -2.43. The fraction of sp³-hybridized carbons (Fsp3) is 0.381. The van der Waals surface area contributed by atoms with Crippen LogP contribution in [0.3, 0.4) is 0 Å². The number of pyridine rings is 1. The Morgan fingerprint density at radius 1 is 1.04 bits per heavy atom. The number of fused-ring (bicyclic) bond motifs is 4. The second-order valence-electron chi connectivity index (χ2n) is 7.58. The van der Waals surface area contributed by atoms with Crippen LogP contribution < -0.4 is 5.56 Å². The summed E-state index contributed by atoms with van der Waals surface area (Å²) in [4.78, 5) is 37.6. The highest BCUT2D eigenvalue weighted by Gasteiger charge is 2.37. The quantitative estimate of drug-likeness (QED) is 0.855. The summed E-state index contributed by atoms with van der Waals surface area (Å²) in [5.41, 5.74) is 2.91. The normalized spacial score (nSPS) is 20.5. The monoisotopic (exact) mass is 400 g/mol. The fourth-order valence-electron chi connectivity index (χ4n) is 4.46. The average molecular weight is 401 g/mol. The molecule has 6 nitrogen and oxygen atoms in total. The van der Waals surface area contributed by atoms with Crippen LogP contribution in [0.15, 0.2) is 41.2 Å². The first kappa shape index (κ1) is 18.7. The molecule has 146 valence electrons. The highest BCUT2D eigenvalue weighted by Crippen LogP contribution is 2.40. The Bertz CT molecular complexity index is 983. The van der Waals surface area contributed by atoms with Gasteiger partial charge in [0.15, 0.2) is 0 Å². The molecule has 0 unspecified atom stereocenters. The van der Waals surface area contributed by atoms with E-state index in [4.69, 9.17) is 16.7 Å². The molecule has 1 aromatic heterocycles. The summed E-state index contributed by atoms with van der Waals surface area (Å²) < 4.78 is 1.85. The SMILES string of the molecule is O=C(O)CCC(=O)N1C[C@@H]2C[C@H](C1)c1c(-c3ccc(Cl)cc3)ccc(=O)n1C2. The number of halogens is 1. The molecule has 1 fully saturated rings. The van der Waals surface area contributed by atoms with E-state index in [-0.39, 0.29) is 36.1 Å². The van der Waals surface area contributed by atoms with Gasteiger partial charge in [-0.05, 0) is 36.1 Å². The molecule has 28 heavy (non-hydrogen) atoms. The molecule has 1 saturated heterocycles. The first-order valence-electron chi connectivity index (χ1n) is 9.41. The van der Waals surface area contributed by atoms with Crippen molar-refractivity contribution >= 4 is 23.5 Å². The molecule has 3 heterocycles. The molecule has 2 aliphatic rings. The van der Waals surface area contributed by atoms with Gasteiger partial charge in [0, 0.05) is 54.3 Å². The Labute approximate surface area is 167 Å². The van der Waals surface area contributed by atoms with Gasteiger partial charge in [0.1, 0.15) is 0 Å². The number of hydrogen-bond donors (Lipinski definition) is 1. The molecule has 0 aliphatic carbocycles. The van der Waals surface area contributed by atoms with E-state index in [1.807, 2.05) is 34.9 Å². The van der Waals surface area contributed by atoms with Crippen molar-refractivity contribution in [3.63, 3.8) is 0 Å². The zero-order valence-electron chi connectivity index (χ0n) is 15.3. The van der Waals surface area contributed by atoms with Crippen molar-refractivity contribution in [3.05, 3.63) is 57.5 Å². The largest absolute Gasteiger partial charge is 0.481 e. The Kier molecular flexibility index (Phi) is 4.98. The number of carboxylic acid groups (broad SMARTS) is 1. The number of carboxylic acids is 1. The van der Waals surface area contributed by atoms with E-state index < -0.39 is 5.97 Å². The maximum Gasteiger partial charge on any atom is 0.303 e. The highest BCUT2D eigenvalue weighted by atomic mass is 35.5. The van der Waals surface area contributed by atoms with Crippen molar-refractivity contribution in [1.29, 1.82) is 0 Å². The summed E-state index contributed by atoms with van der Waals surface area (Å²) >= 11 is 6.02. The zero-order chi connectivity index (χ0) is 19.8. The number of aliphatic carboxylic acids is 1. The molecule has 1 N–H and O–H groups in total. The first-order valence-corrected chi connectivity index (χ1v) is 9.79. The molecular formula is C21H21ClN2O4. The van der Waals surface area contributed by atoms with E-state index >= 15 is 0 Å². The number of amides is 1. The van der Waals surface area contributed by atoms with Crippen LogP contribution in [0.25, 0.3) is 11.1 Å². The van der Waals surface area contributed by atoms with Crippen LogP contribution in [-0.2, 0) is 16.1 Å². The molecule has 4 rings (SSSR count). The van der Waals surface area contributed by atoms with Crippen LogP contribution in [0.4, 0.5) is 0 Å². The molecular weight excluding hydrogens is 380 g/mol. The van der Waals surface area contributed by atoms with Gasteiger partial charge in [-0.15, -0.1) is 0 Å². The highest BCUT2D eigenvalue weighted by molar-refractivity contribution is 6.30. The van der Waals surface area contributed by atoms with Gasteiger partial charge in [-0.2, -0.15) is 0 Å². The lowest BCUT2D eigenvalue weighted by molar-refractivity contribution is -0.141. The summed E-state index contributed by atoms with van der Waals surface area (Å²) in [5.74, 6) is -0.830. The number of carbonyl (C=O) groups is 2. The Hall–Kier alpha value is -2.60. The third kappa shape index (κ3) is 3.56. The summed E-state index contributed by atoms with van der Waals surface area (Å²) in [7, 11) is 0. The first-order chi connectivity index (χ1) is 13.4. The van der Waals surface area contributed by atoms with E-state index in [1.165, 1.54) is 0 Å². The fourth-order valence-corrected chi connectivity index (χ4v) is 4.59. The third-order valence-corrected chi connectivity index (χ3v) is 5.90. The molecule has 1 amide bonds. The second-order valence-corrected chi connectivity index (χ2v) is 8.02. The van der Waals surface area contributed by atoms with Crippen LogP contribution in [0.2, 0.25) is 5.02 Å². The summed E-state index contributed by atoms with van der Waals surface area (Å²) in [6.07, 6.45) is 0.782. The van der Waals surface area contributed by atoms with Crippen LogP contribution in [0.1, 0.15) is 30.9 Å². The minimum atomic E-state index is -0.965. The number of nitrogens with zero attached hydrogens (tertiary/aromatic N) is 2. The Balaban J connectivity index is 1.68. The Morgan fingerprint density at radius 2 is 1.79 bits per heavy atom. The van der Waals surface area contributed by atoms with Gasteiger partial charge in [-0.1, -0.05) is 23.7 Å². The molecule has 1 aromatic carbocycles. The minimum absolute atomic E-state index is 0.0143.